The van der Waals surface area contributed by atoms with Crippen LogP contribution in [0.2, 0.25) is 0 Å². The van der Waals surface area contributed by atoms with Crippen LogP contribution in [0.15, 0.2) is 18.2 Å². The van der Waals surface area contributed by atoms with Crippen LogP contribution in [0, 0.1) is 11.6 Å². The highest BCUT2D eigenvalue weighted by molar-refractivity contribution is 6.34. The molecule has 0 spiro atoms. The van der Waals surface area contributed by atoms with Gasteiger partial charge in [0, 0.05) is 11.4 Å². The van der Waals surface area contributed by atoms with E-state index in [4.69, 9.17) is 23.2 Å². The van der Waals surface area contributed by atoms with E-state index < -0.39 is 22.8 Å². The molecule has 0 heterocycles. The Hall–Kier alpha value is -0.670. The zero-order chi connectivity index (χ0) is 11.4. The largest absolute Gasteiger partial charge is 0.293 e. The number of carbonyl (C=O) groups is 1. The summed E-state index contributed by atoms with van der Waals surface area (Å²) in [5, 5.41) is -0.799. The molecule has 0 fully saturated rings. The van der Waals surface area contributed by atoms with Crippen molar-refractivity contribution in [3.05, 3.63) is 35.4 Å². The number of hydrogen-bond acceptors (Lipinski definition) is 1. The van der Waals surface area contributed by atoms with Crippen molar-refractivity contribution in [3.63, 3.8) is 0 Å². The monoisotopic (exact) mass is 252 g/mol. The molecule has 0 saturated heterocycles. The van der Waals surface area contributed by atoms with Crippen molar-refractivity contribution in [1.82, 2.24) is 0 Å². The Balaban J connectivity index is 2.87. The highest BCUT2D eigenvalue weighted by Gasteiger charge is 2.18. The first kappa shape index (κ1) is 12.4. The highest BCUT2D eigenvalue weighted by atomic mass is 35.5. The van der Waals surface area contributed by atoms with E-state index in [9.17, 15) is 13.6 Å². The maximum atomic E-state index is 12.8. The van der Waals surface area contributed by atoms with Gasteiger partial charge in [0.2, 0.25) is 0 Å². The van der Waals surface area contributed by atoms with Gasteiger partial charge in [0.15, 0.2) is 17.4 Å². The topological polar surface area (TPSA) is 17.1 Å². The predicted molar refractivity (Wildman–Crippen MR) is 55.7 cm³/mol. The summed E-state index contributed by atoms with van der Waals surface area (Å²) in [7, 11) is 0. The molecule has 1 unspecified atom stereocenters. The molecule has 1 aromatic rings. The number of hydrogen-bond donors (Lipinski definition) is 0. The van der Waals surface area contributed by atoms with Crippen molar-refractivity contribution >= 4 is 29.0 Å². The van der Waals surface area contributed by atoms with E-state index in [1.165, 1.54) is 6.07 Å². The second-order valence-electron chi connectivity index (χ2n) is 2.94. The fourth-order valence-electron chi connectivity index (χ4n) is 1.06. The number of ketones is 1. The Morgan fingerprint density at radius 2 is 2.00 bits per heavy atom. The summed E-state index contributed by atoms with van der Waals surface area (Å²) in [6.45, 7) is 0. The van der Waals surface area contributed by atoms with Crippen LogP contribution in [0.3, 0.4) is 0 Å². The Bertz CT molecular complexity index is 368. The van der Waals surface area contributed by atoms with E-state index in [1.54, 1.807) is 0 Å². The molecule has 0 bridgehead atoms. The van der Waals surface area contributed by atoms with Crippen LogP contribution >= 0.6 is 23.2 Å². The van der Waals surface area contributed by atoms with Crippen molar-refractivity contribution in [2.24, 2.45) is 0 Å². The highest BCUT2D eigenvalue weighted by Crippen LogP contribution is 2.15. The Kier molecular flexibility index (Phi) is 4.48. The van der Waals surface area contributed by atoms with E-state index in [0.29, 0.717) is 6.42 Å². The minimum atomic E-state index is -1.06. The standard InChI is InChI=1S/C10H8Cl2F2O/c11-4-3-7(12)10(15)6-1-2-8(13)9(14)5-6/h1-2,5,7H,3-4H2. The van der Waals surface area contributed by atoms with Crippen molar-refractivity contribution in [2.45, 2.75) is 11.8 Å². The van der Waals surface area contributed by atoms with Crippen molar-refractivity contribution < 1.29 is 13.6 Å². The molecule has 0 aliphatic rings. The van der Waals surface area contributed by atoms with Gasteiger partial charge in [-0.25, -0.2) is 8.78 Å². The van der Waals surface area contributed by atoms with Crippen molar-refractivity contribution in [2.75, 3.05) is 5.88 Å². The normalized spacial score (nSPS) is 12.5. The number of Topliss-reactive ketones (excluding diaryl/α,β-unsaturated/α-hetero) is 1. The van der Waals surface area contributed by atoms with Crippen LogP contribution in [0.5, 0.6) is 0 Å². The van der Waals surface area contributed by atoms with Gasteiger partial charge in [0.1, 0.15) is 0 Å². The molecule has 0 radical (unpaired) electrons. The number of benzene rings is 1. The van der Waals surface area contributed by atoms with E-state index in [2.05, 4.69) is 0 Å². The average Bonchev–Trinajstić information content (AvgIpc) is 2.21. The molecule has 0 amide bonds. The molecule has 0 aliphatic heterocycles. The van der Waals surface area contributed by atoms with Gasteiger partial charge in [-0.2, -0.15) is 0 Å². The molecule has 1 aromatic carbocycles. The summed E-state index contributed by atoms with van der Waals surface area (Å²) in [5.41, 5.74) is 0.0546. The first-order valence-corrected chi connectivity index (χ1v) is 5.22. The predicted octanol–water partition coefficient (Wildman–Crippen LogP) is 3.38. The van der Waals surface area contributed by atoms with Gasteiger partial charge >= 0.3 is 0 Å². The lowest BCUT2D eigenvalue weighted by molar-refractivity contribution is 0.0985. The van der Waals surface area contributed by atoms with Crippen LogP contribution in [0.25, 0.3) is 0 Å². The van der Waals surface area contributed by atoms with Gasteiger partial charge in [0.25, 0.3) is 0 Å². The maximum absolute atomic E-state index is 12.8. The number of halogens is 4. The zero-order valence-corrected chi connectivity index (χ0v) is 9.16. The van der Waals surface area contributed by atoms with Gasteiger partial charge in [0.05, 0.1) is 5.38 Å². The zero-order valence-electron chi connectivity index (χ0n) is 7.64. The molecule has 82 valence electrons. The van der Waals surface area contributed by atoms with Crippen molar-refractivity contribution in [1.29, 1.82) is 0 Å². The third-order valence-electron chi connectivity index (χ3n) is 1.85. The Morgan fingerprint density at radius 1 is 1.33 bits per heavy atom. The van der Waals surface area contributed by atoms with E-state index >= 15 is 0 Å². The molecule has 0 aliphatic carbocycles. The molecule has 1 rings (SSSR count). The molecule has 5 heteroatoms. The van der Waals surface area contributed by atoms with Gasteiger partial charge < -0.3 is 0 Å². The van der Waals surface area contributed by atoms with E-state index in [0.717, 1.165) is 12.1 Å². The first-order chi connectivity index (χ1) is 7.06. The summed E-state index contributed by atoms with van der Waals surface area (Å²) >= 11 is 11.1. The quantitative estimate of drug-likeness (QED) is 0.593. The number of rotatable bonds is 4. The minimum absolute atomic E-state index is 0.0546. The van der Waals surface area contributed by atoms with Crippen LogP contribution in [-0.2, 0) is 0 Å². The molecule has 1 nitrogen and oxygen atoms in total. The van der Waals surface area contributed by atoms with Crippen LogP contribution in [0.4, 0.5) is 8.78 Å². The van der Waals surface area contributed by atoms with Gasteiger partial charge in [-0.15, -0.1) is 23.2 Å². The summed E-state index contributed by atoms with van der Waals surface area (Å²) < 4.78 is 25.4. The third-order valence-corrected chi connectivity index (χ3v) is 2.49. The minimum Gasteiger partial charge on any atom is -0.293 e. The van der Waals surface area contributed by atoms with Gasteiger partial charge in [-0.3, -0.25) is 4.79 Å². The van der Waals surface area contributed by atoms with Gasteiger partial charge in [-0.1, -0.05) is 0 Å². The second-order valence-corrected chi connectivity index (χ2v) is 3.84. The van der Waals surface area contributed by atoms with E-state index in [-0.39, 0.29) is 11.4 Å². The maximum Gasteiger partial charge on any atom is 0.180 e. The molecular weight excluding hydrogens is 245 g/mol. The van der Waals surface area contributed by atoms with E-state index in [1.807, 2.05) is 0 Å². The SMILES string of the molecule is O=C(c1ccc(F)c(F)c1)C(Cl)CCCl. The summed E-state index contributed by atoms with van der Waals surface area (Å²) in [6.07, 6.45) is 0.293. The molecule has 0 N–H and O–H groups in total. The smallest absolute Gasteiger partial charge is 0.180 e. The summed E-state index contributed by atoms with van der Waals surface area (Å²) in [6, 6.07) is 2.93. The fourth-order valence-corrected chi connectivity index (χ4v) is 1.62. The lowest BCUT2D eigenvalue weighted by Gasteiger charge is -2.06. The molecule has 15 heavy (non-hydrogen) atoms. The van der Waals surface area contributed by atoms with Crippen molar-refractivity contribution in [3.8, 4) is 0 Å². The fraction of sp³-hybridized carbons (Fsp3) is 0.300. The summed E-state index contributed by atoms with van der Waals surface area (Å²) in [4.78, 5) is 11.5. The lowest BCUT2D eigenvalue weighted by atomic mass is 10.1. The molecular formula is C10H8Cl2F2O. The molecule has 0 saturated carbocycles. The summed E-state index contributed by atoms with van der Waals surface area (Å²) in [5.74, 6) is -2.26. The second kappa shape index (κ2) is 5.42. The Morgan fingerprint density at radius 3 is 2.53 bits per heavy atom. The Labute approximate surface area is 96.0 Å². The number of alkyl halides is 2. The lowest BCUT2D eigenvalue weighted by Crippen LogP contribution is -2.15. The molecule has 1 atom stereocenters. The van der Waals surface area contributed by atoms with Gasteiger partial charge in [-0.05, 0) is 24.6 Å². The molecule has 0 aromatic heterocycles. The van der Waals surface area contributed by atoms with Crippen LogP contribution in [0.1, 0.15) is 16.8 Å². The van der Waals surface area contributed by atoms with Crippen LogP contribution < -0.4 is 0 Å². The number of carbonyl (C=O) groups excluding carboxylic acids is 1. The third kappa shape index (κ3) is 3.14. The van der Waals surface area contributed by atoms with Crippen LogP contribution in [-0.4, -0.2) is 17.0 Å². The average molecular weight is 253 g/mol. The first-order valence-electron chi connectivity index (χ1n) is 4.25.